The molecule has 0 bridgehead atoms. The van der Waals surface area contributed by atoms with Crippen LogP contribution < -0.4 is 16.4 Å². The van der Waals surface area contributed by atoms with Gasteiger partial charge < -0.3 is 16.4 Å². The molecule has 0 aliphatic carbocycles. The molecule has 0 spiro atoms. The number of rotatable bonds is 10. The number of benzene rings is 1. The van der Waals surface area contributed by atoms with Gasteiger partial charge in [0.15, 0.2) is 0 Å². The topological polar surface area (TPSA) is 84.2 Å². The van der Waals surface area contributed by atoms with E-state index in [0.717, 1.165) is 31.2 Å². The minimum absolute atomic E-state index is 0.0362. The molecule has 116 valence electrons. The summed E-state index contributed by atoms with van der Waals surface area (Å²) in [5.74, 6) is -0.243. The zero-order valence-corrected chi connectivity index (χ0v) is 12.4. The standard InChI is InChI=1S/C16H25N3O2/c17-11-7-2-1-6-10-15(20)19-13-16(21)18-12-14-8-4-3-5-9-14/h3-5,8-9H,1-2,6-7,10-13,17H2,(H,18,21)(H,19,20). The van der Waals surface area contributed by atoms with Crippen LogP contribution in [-0.4, -0.2) is 24.9 Å². The predicted molar refractivity (Wildman–Crippen MR) is 83.4 cm³/mol. The Hall–Kier alpha value is -1.88. The van der Waals surface area contributed by atoms with E-state index in [2.05, 4.69) is 10.6 Å². The van der Waals surface area contributed by atoms with Crippen molar-refractivity contribution < 1.29 is 9.59 Å². The fourth-order valence-corrected chi connectivity index (χ4v) is 1.91. The molecule has 0 heterocycles. The molecular formula is C16H25N3O2. The van der Waals surface area contributed by atoms with Crippen molar-refractivity contribution in [2.75, 3.05) is 13.1 Å². The van der Waals surface area contributed by atoms with Gasteiger partial charge in [-0.25, -0.2) is 0 Å². The molecule has 1 rings (SSSR count). The largest absolute Gasteiger partial charge is 0.350 e. The molecule has 4 N–H and O–H groups in total. The van der Waals surface area contributed by atoms with Crippen LogP contribution in [-0.2, 0) is 16.1 Å². The zero-order chi connectivity index (χ0) is 15.3. The number of hydrogen-bond donors (Lipinski definition) is 3. The average Bonchev–Trinajstić information content (AvgIpc) is 2.51. The normalized spacial score (nSPS) is 10.1. The monoisotopic (exact) mass is 291 g/mol. The third kappa shape index (κ3) is 8.81. The van der Waals surface area contributed by atoms with Crippen molar-refractivity contribution in [2.45, 2.75) is 38.6 Å². The lowest BCUT2D eigenvalue weighted by Gasteiger charge is -2.07. The summed E-state index contributed by atoms with van der Waals surface area (Å²) in [4.78, 5) is 23.1. The summed E-state index contributed by atoms with van der Waals surface area (Å²) < 4.78 is 0. The Labute approximate surface area is 126 Å². The summed E-state index contributed by atoms with van der Waals surface area (Å²) in [6, 6.07) is 9.67. The van der Waals surface area contributed by atoms with Gasteiger partial charge in [-0.05, 0) is 24.9 Å². The second-order valence-electron chi connectivity index (χ2n) is 4.99. The lowest BCUT2D eigenvalue weighted by atomic mass is 10.1. The number of nitrogens with two attached hydrogens (primary N) is 1. The predicted octanol–water partition coefficient (Wildman–Crippen LogP) is 1.33. The number of carbonyl (C=O) groups is 2. The van der Waals surface area contributed by atoms with E-state index in [1.165, 1.54) is 0 Å². The second kappa shape index (κ2) is 10.9. The SMILES string of the molecule is NCCCCCCC(=O)NCC(=O)NCc1ccccc1. The number of nitrogens with one attached hydrogen (secondary N) is 2. The molecular weight excluding hydrogens is 266 g/mol. The molecule has 21 heavy (non-hydrogen) atoms. The van der Waals surface area contributed by atoms with Gasteiger partial charge in [-0.1, -0.05) is 43.2 Å². The summed E-state index contributed by atoms with van der Waals surface area (Å²) in [7, 11) is 0. The first-order valence-electron chi connectivity index (χ1n) is 7.49. The zero-order valence-electron chi connectivity index (χ0n) is 12.4. The van der Waals surface area contributed by atoms with E-state index in [9.17, 15) is 9.59 Å². The number of hydrogen-bond acceptors (Lipinski definition) is 3. The van der Waals surface area contributed by atoms with E-state index >= 15 is 0 Å². The highest BCUT2D eigenvalue weighted by atomic mass is 16.2. The molecule has 5 nitrogen and oxygen atoms in total. The van der Waals surface area contributed by atoms with Crippen LogP contribution in [0.2, 0.25) is 0 Å². The van der Waals surface area contributed by atoms with Gasteiger partial charge in [0.1, 0.15) is 0 Å². The van der Waals surface area contributed by atoms with Crippen LogP contribution in [0.4, 0.5) is 0 Å². The molecule has 0 unspecified atom stereocenters. The smallest absolute Gasteiger partial charge is 0.239 e. The van der Waals surface area contributed by atoms with E-state index in [1.54, 1.807) is 0 Å². The molecule has 2 amide bonds. The lowest BCUT2D eigenvalue weighted by Crippen LogP contribution is -2.36. The molecule has 5 heteroatoms. The van der Waals surface area contributed by atoms with Crippen molar-refractivity contribution >= 4 is 11.8 Å². The minimum atomic E-state index is -0.171. The summed E-state index contributed by atoms with van der Waals surface area (Å²) in [5.41, 5.74) is 6.44. The van der Waals surface area contributed by atoms with Gasteiger partial charge in [0.25, 0.3) is 0 Å². The van der Waals surface area contributed by atoms with Crippen LogP contribution in [0.25, 0.3) is 0 Å². The highest BCUT2D eigenvalue weighted by Gasteiger charge is 2.05. The van der Waals surface area contributed by atoms with E-state index in [4.69, 9.17) is 5.73 Å². The maximum Gasteiger partial charge on any atom is 0.239 e. The van der Waals surface area contributed by atoms with Crippen LogP contribution in [0.5, 0.6) is 0 Å². The van der Waals surface area contributed by atoms with Gasteiger partial charge in [0, 0.05) is 13.0 Å². The quantitative estimate of drug-likeness (QED) is 0.569. The molecule has 0 saturated carbocycles. The van der Waals surface area contributed by atoms with E-state index in [0.29, 0.717) is 19.5 Å². The Kier molecular flexibility index (Phi) is 8.88. The van der Waals surface area contributed by atoms with E-state index in [1.807, 2.05) is 30.3 Å². The Morgan fingerprint density at radius 2 is 1.62 bits per heavy atom. The Bertz CT molecular complexity index is 421. The molecule has 0 aromatic heterocycles. The van der Waals surface area contributed by atoms with Crippen molar-refractivity contribution in [2.24, 2.45) is 5.73 Å². The van der Waals surface area contributed by atoms with Crippen molar-refractivity contribution in [1.29, 1.82) is 0 Å². The highest BCUT2D eigenvalue weighted by Crippen LogP contribution is 2.01. The third-order valence-electron chi connectivity index (χ3n) is 3.14. The minimum Gasteiger partial charge on any atom is -0.350 e. The summed E-state index contributed by atoms with van der Waals surface area (Å²) in [5, 5.41) is 5.40. The van der Waals surface area contributed by atoms with Crippen LogP contribution in [0.1, 0.15) is 37.7 Å². The van der Waals surface area contributed by atoms with Crippen molar-refractivity contribution in [3.8, 4) is 0 Å². The molecule has 1 aromatic rings. The first-order chi connectivity index (χ1) is 10.2. The van der Waals surface area contributed by atoms with Crippen molar-refractivity contribution in [3.63, 3.8) is 0 Å². The van der Waals surface area contributed by atoms with Gasteiger partial charge >= 0.3 is 0 Å². The number of carbonyl (C=O) groups excluding carboxylic acids is 2. The van der Waals surface area contributed by atoms with E-state index < -0.39 is 0 Å². The Balaban J connectivity index is 2.05. The number of unbranched alkanes of at least 4 members (excludes halogenated alkanes) is 3. The molecule has 0 aliphatic heterocycles. The molecule has 0 fully saturated rings. The van der Waals surface area contributed by atoms with Crippen molar-refractivity contribution in [1.82, 2.24) is 10.6 Å². The van der Waals surface area contributed by atoms with Crippen LogP contribution in [0, 0.1) is 0 Å². The lowest BCUT2D eigenvalue weighted by molar-refractivity contribution is -0.126. The summed E-state index contributed by atoms with van der Waals surface area (Å²) >= 11 is 0. The molecule has 0 aliphatic rings. The van der Waals surface area contributed by atoms with Crippen molar-refractivity contribution in [3.05, 3.63) is 35.9 Å². The molecule has 0 atom stereocenters. The van der Waals surface area contributed by atoms with Crippen LogP contribution in [0.15, 0.2) is 30.3 Å². The third-order valence-corrected chi connectivity index (χ3v) is 3.14. The first-order valence-corrected chi connectivity index (χ1v) is 7.49. The fraction of sp³-hybridized carbons (Fsp3) is 0.500. The summed E-state index contributed by atoms with van der Waals surface area (Å²) in [6.07, 6.45) is 4.38. The average molecular weight is 291 g/mol. The van der Waals surface area contributed by atoms with Crippen LogP contribution in [0.3, 0.4) is 0 Å². The first kappa shape index (κ1) is 17.2. The van der Waals surface area contributed by atoms with Gasteiger partial charge in [-0.3, -0.25) is 9.59 Å². The fourth-order valence-electron chi connectivity index (χ4n) is 1.91. The van der Waals surface area contributed by atoms with Gasteiger partial charge in [-0.15, -0.1) is 0 Å². The molecule has 0 saturated heterocycles. The summed E-state index contributed by atoms with van der Waals surface area (Å²) in [6.45, 7) is 1.22. The maximum absolute atomic E-state index is 11.6. The van der Waals surface area contributed by atoms with Gasteiger partial charge in [0.2, 0.25) is 11.8 Å². The van der Waals surface area contributed by atoms with Gasteiger partial charge in [0.05, 0.1) is 6.54 Å². The Morgan fingerprint density at radius 3 is 2.33 bits per heavy atom. The molecule has 1 aromatic carbocycles. The highest BCUT2D eigenvalue weighted by molar-refractivity contribution is 5.84. The molecule has 0 radical (unpaired) electrons. The van der Waals surface area contributed by atoms with E-state index in [-0.39, 0.29) is 18.4 Å². The second-order valence-corrected chi connectivity index (χ2v) is 4.99. The Morgan fingerprint density at radius 1 is 0.905 bits per heavy atom. The maximum atomic E-state index is 11.6. The van der Waals surface area contributed by atoms with Crippen LogP contribution >= 0.6 is 0 Å². The number of amides is 2. The van der Waals surface area contributed by atoms with Gasteiger partial charge in [-0.2, -0.15) is 0 Å².